The first-order valence-electron chi connectivity index (χ1n) is 9.74. The van der Waals surface area contributed by atoms with Gasteiger partial charge in [-0.15, -0.1) is 0 Å². The van der Waals surface area contributed by atoms with E-state index in [0.717, 1.165) is 32.1 Å². The lowest BCUT2D eigenvalue weighted by atomic mass is 10.2. The van der Waals surface area contributed by atoms with Crippen molar-refractivity contribution < 1.29 is 9.59 Å². The molecule has 1 saturated carbocycles. The molecule has 1 unspecified atom stereocenters. The average Bonchev–Trinajstić information content (AvgIpc) is 3.18. The van der Waals surface area contributed by atoms with Crippen LogP contribution in [-0.2, 0) is 4.79 Å². The third-order valence-corrected chi connectivity index (χ3v) is 6.04. The Morgan fingerprint density at radius 1 is 1.29 bits per heavy atom. The van der Waals surface area contributed by atoms with Crippen molar-refractivity contribution in [3.05, 3.63) is 34.6 Å². The molecule has 0 aliphatic heterocycles. The van der Waals surface area contributed by atoms with Gasteiger partial charge >= 0.3 is 6.03 Å². The molecule has 150 valence electrons. The summed E-state index contributed by atoms with van der Waals surface area (Å²) in [6.45, 7) is 3.96. The van der Waals surface area contributed by atoms with E-state index in [0.29, 0.717) is 16.1 Å². The molecular formula is C20H26N4O3S. The predicted molar refractivity (Wildman–Crippen MR) is 111 cm³/mol. The topological polar surface area (TPSA) is 93.1 Å². The molecule has 8 heteroatoms. The lowest BCUT2D eigenvalue weighted by molar-refractivity contribution is -0.117. The second-order valence-corrected chi connectivity index (χ2v) is 8.08. The van der Waals surface area contributed by atoms with Crippen molar-refractivity contribution in [2.75, 3.05) is 5.75 Å². The minimum Gasteiger partial charge on any atom is -0.335 e. The highest BCUT2D eigenvalue weighted by Crippen LogP contribution is 2.22. The van der Waals surface area contributed by atoms with Gasteiger partial charge in [0.1, 0.15) is 0 Å². The van der Waals surface area contributed by atoms with Gasteiger partial charge in [-0.3, -0.25) is 19.5 Å². The van der Waals surface area contributed by atoms with Crippen LogP contribution >= 0.6 is 11.8 Å². The van der Waals surface area contributed by atoms with Crippen LogP contribution in [0.3, 0.4) is 0 Å². The number of hydrogen-bond donors (Lipinski definition) is 2. The molecule has 1 aliphatic rings. The zero-order chi connectivity index (χ0) is 20.1. The predicted octanol–water partition coefficient (Wildman–Crippen LogP) is 3.23. The number of amides is 3. The molecule has 1 aromatic heterocycles. The van der Waals surface area contributed by atoms with E-state index in [1.807, 2.05) is 26.0 Å². The van der Waals surface area contributed by atoms with Crippen LogP contribution in [0.4, 0.5) is 4.79 Å². The fraction of sp³-hybridized carbons (Fsp3) is 0.500. The van der Waals surface area contributed by atoms with Gasteiger partial charge in [-0.25, -0.2) is 9.78 Å². The number of hydrogen-bond acceptors (Lipinski definition) is 5. The Kier molecular flexibility index (Phi) is 6.72. The Labute approximate surface area is 168 Å². The van der Waals surface area contributed by atoms with Crippen LogP contribution in [-0.4, -0.2) is 33.3 Å². The number of carbonyl (C=O) groups is 2. The number of nitrogens with zero attached hydrogens (tertiary/aromatic N) is 2. The van der Waals surface area contributed by atoms with Crippen molar-refractivity contribution in [3.8, 4) is 0 Å². The van der Waals surface area contributed by atoms with E-state index >= 15 is 0 Å². The normalized spacial score (nSPS) is 15.5. The van der Waals surface area contributed by atoms with Crippen molar-refractivity contribution >= 4 is 34.6 Å². The summed E-state index contributed by atoms with van der Waals surface area (Å²) in [5, 5.41) is 6.25. The smallest absolute Gasteiger partial charge is 0.321 e. The van der Waals surface area contributed by atoms with Gasteiger partial charge in [0.15, 0.2) is 5.16 Å². The summed E-state index contributed by atoms with van der Waals surface area (Å²) in [6, 6.07) is 6.85. The number of carbonyl (C=O) groups excluding carboxylic acids is 2. The zero-order valence-corrected chi connectivity index (χ0v) is 17.1. The zero-order valence-electron chi connectivity index (χ0n) is 16.2. The maximum atomic E-state index is 12.9. The van der Waals surface area contributed by atoms with Crippen molar-refractivity contribution in [2.45, 2.75) is 63.2 Å². The Bertz CT molecular complexity index is 921. The molecule has 3 amide bonds. The highest BCUT2D eigenvalue weighted by atomic mass is 32.2. The second-order valence-electron chi connectivity index (χ2n) is 7.14. The summed E-state index contributed by atoms with van der Waals surface area (Å²) in [4.78, 5) is 41.6. The van der Waals surface area contributed by atoms with Gasteiger partial charge < -0.3 is 5.32 Å². The molecule has 7 nitrogen and oxygen atoms in total. The van der Waals surface area contributed by atoms with Crippen LogP contribution in [0, 0.1) is 0 Å². The number of benzene rings is 1. The fourth-order valence-electron chi connectivity index (χ4n) is 3.38. The SMILES string of the molecule is CCC(C)n1c(SCC(=O)NC(=O)NC2CCCC2)nc2ccccc2c1=O. The van der Waals surface area contributed by atoms with Crippen molar-refractivity contribution in [1.82, 2.24) is 20.2 Å². The Morgan fingerprint density at radius 3 is 2.71 bits per heavy atom. The van der Waals surface area contributed by atoms with E-state index in [1.54, 1.807) is 16.7 Å². The molecule has 1 aliphatic carbocycles. The minimum absolute atomic E-state index is 0.0132. The highest BCUT2D eigenvalue weighted by Gasteiger charge is 2.20. The number of fused-ring (bicyclic) bond motifs is 1. The van der Waals surface area contributed by atoms with E-state index in [4.69, 9.17) is 0 Å². The molecule has 1 heterocycles. The maximum Gasteiger partial charge on any atom is 0.321 e. The fourth-order valence-corrected chi connectivity index (χ4v) is 4.28. The van der Waals surface area contributed by atoms with Crippen LogP contribution < -0.4 is 16.2 Å². The minimum atomic E-state index is -0.455. The van der Waals surface area contributed by atoms with Crippen molar-refractivity contribution in [2.24, 2.45) is 0 Å². The van der Waals surface area contributed by atoms with Crippen LogP contribution in [0.1, 0.15) is 52.0 Å². The van der Waals surface area contributed by atoms with Crippen molar-refractivity contribution in [3.63, 3.8) is 0 Å². The molecule has 1 fully saturated rings. The number of thioether (sulfide) groups is 1. The van der Waals surface area contributed by atoms with Crippen LogP contribution in [0.5, 0.6) is 0 Å². The van der Waals surface area contributed by atoms with Crippen LogP contribution in [0.15, 0.2) is 34.2 Å². The molecule has 1 aromatic carbocycles. The summed E-state index contributed by atoms with van der Waals surface area (Å²) >= 11 is 1.17. The Hall–Kier alpha value is -2.35. The molecule has 2 N–H and O–H groups in total. The lowest BCUT2D eigenvalue weighted by Crippen LogP contribution is -2.44. The Balaban J connectivity index is 1.71. The maximum absolute atomic E-state index is 12.9. The number of aromatic nitrogens is 2. The third kappa shape index (κ3) is 4.73. The van der Waals surface area contributed by atoms with Gasteiger partial charge in [0.25, 0.3) is 5.56 Å². The van der Waals surface area contributed by atoms with E-state index in [2.05, 4.69) is 15.6 Å². The molecular weight excluding hydrogens is 376 g/mol. The molecule has 1 atom stereocenters. The first-order valence-corrected chi connectivity index (χ1v) is 10.7. The number of rotatable bonds is 6. The van der Waals surface area contributed by atoms with Crippen molar-refractivity contribution in [1.29, 1.82) is 0 Å². The molecule has 0 saturated heterocycles. The van der Waals surface area contributed by atoms with E-state index < -0.39 is 11.9 Å². The first-order chi connectivity index (χ1) is 13.5. The number of imide groups is 1. The lowest BCUT2D eigenvalue weighted by Gasteiger charge is -2.18. The van der Waals surface area contributed by atoms with Gasteiger partial charge in [0.05, 0.1) is 16.7 Å². The summed E-state index contributed by atoms with van der Waals surface area (Å²) in [5.41, 5.74) is 0.496. The Morgan fingerprint density at radius 2 is 2.00 bits per heavy atom. The summed E-state index contributed by atoms with van der Waals surface area (Å²) < 4.78 is 1.64. The number of para-hydroxylation sites is 1. The van der Waals surface area contributed by atoms with Gasteiger partial charge in [0, 0.05) is 12.1 Å². The summed E-state index contributed by atoms with van der Waals surface area (Å²) in [5.74, 6) is -0.391. The largest absolute Gasteiger partial charge is 0.335 e. The molecule has 0 spiro atoms. The monoisotopic (exact) mass is 402 g/mol. The number of urea groups is 1. The second kappa shape index (κ2) is 9.23. The molecule has 28 heavy (non-hydrogen) atoms. The summed E-state index contributed by atoms with van der Waals surface area (Å²) in [6.07, 6.45) is 4.89. The average molecular weight is 403 g/mol. The summed E-state index contributed by atoms with van der Waals surface area (Å²) in [7, 11) is 0. The van der Waals surface area contributed by atoms with Gasteiger partial charge in [-0.05, 0) is 38.3 Å². The molecule has 0 bridgehead atoms. The van der Waals surface area contributed by atoms with E-state index in [1.165, 1.54) is 11.8 Å². The standard InChI is InChI=1S/C20H26N4O3S/c1-3-13(2)24-18(26)15-10-6-7-11-16(15)22-20(24)28-12-17(25)23-19(27)21-14-8-4-5-9-14/h6-7,10-11,13-14H,3-5,8-9,12H2,1-2H3,(H2,21,23,25,27). The van der Waals surface area contributed by atoms with E-state index in [-0.39, 0.29) is 23.4 Å². The first kappa shape index (κ1) is 20.4. The van der Waals surface area contributed by atoms with Crippen LogP contribution in [0.2, 0.25) is 0 Å². The highest BCUT2D eigenvalue weighted by molar-refractivity contribution is 7.99. The third-order valence-electron chi connectivity index (χ3n) is 5.08. The van der Waals surface area contributed by atoms with Crippen LogP contribution in [0.25, 0.3) is 10.9 Å². The molecule has 2 aromatic rings. The van der Waals surface area contributed by atoms with E-state index in [9.17, 15) is 14.4 Å². The van der Waals surface area contributed by atoms with Gasteiger partial charge in [0.2, 0.25) is 5.91 Å². The quantitative estimate of drug-likeness (QED) is 0.572. The van der Waals surface area contributed by atoms with Gasteiger partial charge in [-0.1, -0.05) is 43.7 Å². The molecule has 0 radical (unpaired) electrons. The van der Waals surface area contributed by atoms with Gasteiger partial charge in [-0.2, -0.15) is 0 Å². The molecule has 3 rings (SSSR count). The number of nitrogens with one attached hydrogen (secondary N) is 2.